The van der Waals surface area contributed by atoms with Crippen LogP contribution in [0.15, 0.2) is 12.3 Å². The molecule has 18 heteroatoms. The fraction of sp³-hybridized carbons (Fsp3) is 0.630. The zero-order valence-electron chi connectivity index (χ0n) is 27.6. The average molecular weight is 659 g/mol. The van der Waals surface area contributed by atoms with Gasteiger partial charge in [-0.15, -0.1) is 11.8 Å². The summed E-state index contributed by atoms with van der Waals surface area (Å²) in [5.74, 6) is -2.60. The van der Waals surface area contributed by atoms with Gasteiger partial charge in [-0.2, -0.15) is 0 Å². The molecule has 0 aromatic heterocycles. The van der Waals surface area contributed by atoms with E-state index in [-0.39, 0.29) is 30.4 Å². The van der Waals surface area contributed by atoms with Gasteiger partial charge in [0.2, 0.25) is 5.91 Å². The fourth-order valence-electron chi connectivity index (χ4n) is 3.57. The second-order valence-corrected chi connectivity index (χ2v) is 11.3. The Morgan fingerprint density at radius 2 is 1.44 bits per heavy atom. The number of amides is 12. The van der Waals surface area contributed by atoms with Crippen LogP contribution >= 0.6 is 11.8 Å². The minimum atomic E-state index is -1.33. The molecule has 254 valence electrons. The highest BCUT2D eigenvalue weighted by Gasteiger charge is 2.37. The van der Waals surface area contributed by atoms with Crippen molar-refractivity contribution in [2.24, 2.45) is 0 Å². The van der Waals surface area contributed by atoms with Gasteiger partial charge in [0.15, 0.2) is 0 Å². The minimum Gasteiger partial charge on any atom is -0.365 e. The number of ether oxygens (including phenoxy) is 1. The molecule has 0 aliphatic carbocycles. The normalized spacial score (nSPS) is 12.0. The SMILES string of the molecule is C=C(C(=O)N(C)[C@@H](CC(C)(C)OCSC)C(=O)NC(=O)N(C)C(=O)NC(=O)N[C@@H](C)C(=O)N(C)C(=O)NC)N(C)C(=O)CCC. The van der Waals surface area contributed by atoms with E-state index < -0.39 is 59.5 Å². The third-order valence-electron chi connectivity index (χ3n) is 6.46. The maximum Gasteiger partial charge on any atom is 0.333 e. The molecule has 0 spiro atoms. The maximum atomic E-state index is 13.4. The Kier molecular flexibility index (Phi) is 16.8. The van der Waals surface area contributed by atoms with Crippen LogP contribution in [0.25, 0.3) is 0 Å². The number of imide groups is 4. The number of thioether (sulfide) groups is 1. The van der Waals surface area contributed by atoms with E-state index >= 15 is 0 Å². The van der Waals surface area contributed by atoms with Crippen molar-refractivity contribution in [3.8, 4) is 0 Å². The van der Waals surface area contributed by atoms with Crippen LogP contribution in [0.3, 0.4) is 0 Å². The summed E-state index contributed by atoms with van der Waals surface area (Å²) in [6.45, 7) is 10.1. The third kappa shape index (κ3) is 12.8. The third-order valence-corrected chi connectivity index (χ3v) is 6.81. The monoisotopic (exact) mass is 658 g/mol. The largest absolute Gasteiger partial charge is 0.365 e. The van der Waals surface area contributed by atoms with Crippen molar-refractivity contribution in [1.82, 2.24) is 40.9 Å². The van der Waals surface area contributed by atoms with E-state index in [0.29, 0.717) is 11.3 Å². The Morgan fingerprint density at radius 1 is 0.889 bits per heavy atom. The number of rotatable bonds is 13. The molecule has 0 heterocycles. The summed E-state index contributed by atoms with van der Waals surface area (Å²) >= 11 is 1.39. The Morgan fingerprint density at radius 3 is 1.96 bits per heavy atom. The van der Waals surface area contributed by atoms with Crippen molar-refractivity contribution < 1.29 is 43.1 Å². The highest BCUT2D eigenvalue weighted by Crippen LogP contribution is 2.22. The van der Waals surface area contributed by atoms with Crippen molar-refractivity contribution >= 4 is 59.5 Å². The smallest absolute Gasteiger partial charge is 0.333 e. The van der Waals surface area contributed by atoms with Gasteiger partial charge in [-0.25, -0.2) is 24.1 Å². The highest BCUT2D eigenvalue weighted by molar-refractivity contribution is 7.98. The first kappa shape index (κ1) is 40.8. The predicted molar refractivity (Wildman–Crippen MR) is 167 cm³/mol. The van der Waals surface area contributed by atoms with E-state index in [1.165, 1.54) is 46.9 Å². The Hall–Kier alpha value is -4.19. The molecule has 0 aromatic carbocycles. The van der Waals surface area contributed by atoms with Crippen LogP contribution in [0.4, 0.5) is 19.2 Å². The lowest BCUT2D eigenvalue weighted by molar-refractivity contribution is -0.141. The second-order valence-electron chi connectivity index (χ2n) is 10.5. The zero-order valence-corrected chi connectivity index (χ0v) is 28.4. The molecule has 0 aliphatic rings. The van der Waals surface area contributed by atoms with Crippen LogP contribution in [0.1, 0.15) is 47.0 Å². The van der Waals surface area contributed by atoms with Gasteiger partial charge in [0.05, 0.1) is 11.5 Å². The summed E-state index contributed by atoms with van der Waals surface area (Å²) in [6, 6.07) is -6.93. The number of nitrogens with zero attached hydrogens (tertiary/aromatic N) is 4. The average Bonchev–Trinajstić information content (AvgIpc) is 2.99. The van der Waals surface area contributed by atoms with Crippen molar-refractivity contribution in [3.63, 3.8) is 0 Å². The molecule has 0 radical (unpaired) electrons. The molecule has 17 nitrogen and oxygen atoms in total. The van der Waals surface area contributed by atoms with Crippen LogP contribution in [0.5, 0.6) is 0 Å². The van der Waals surface area contributed by atoms with Gasteiger partial charge >= 0.3 is 24.1 Å². The summed E-state index contributed by atoms with van der Waals surface area (Å²) in [5, 5.41) is 8.29. The van der Waals surface area contributed by atoms with Crippen molar-refractivity contribution in [3.05, 3.63) is 12.3 Å². The predicted octanol–water partition coefficient (Wildman–Crippen LogP) is 0.865. The fourth-order valence-corrected chi connectivity index (χ4v) is 4.00. The van der Waals surface area contributed by atoms with Crippen LogP contribution in [0, 0.1) is 0 Å². The summed E-state index contributed by atoms with van der Waals surface area (Å²) in [4.78, 5) is 104. The molecule has 2 atom stereocenters. The molecule has 0 rings (SSSR count). The van der Waals surface area contributed by atoms with E-state index in [9.17, 15) is 38.4 Å². The lowest BCUT2D eigenvalue weighted by Gasteiger charge is -2.35. The summed E-state index contributed by atoms with van der Waals surface area (Å²) in [7, 11) is 6.16. The zero-order chi connectivity index (χ0) is 35.2. The molecule has 0 bridgehead atoms. The standard InChI is InChI=1S/C27H46N8O9S/c1-12-13-19(36)32(7)17(3)22(39)33(8)18(14-27(4,5)44-15-45-11)20(37)30-25(42)35(10)26(43)31-23(40)29-16(2)21(38)34(9)24(41)28-6/h16,18H,3,12-15H2,1-2,4-11H3,(H,28,41)(H,30,37,42)(H2,29,31,40,43)/t16-,18-/m0/s1. The maximum absolute atomic E-state index is 13.4. The summed E-state index contributed by atoms with van der Waals surface area (Å²) in [5.41, 5.74) is -1.16. The summed E-state index contributed by atoms with van der Waals surface area (Å²) in [6.07, 6.45) is 2.44. The highest BCUT2D eigenvalue weighted by atomic mass is 32.2. The van der Waals surface area contributed by atoms with Gasteiger partial charge in [-0.05, 0) is 33.4 Å². The Labute approximate surface area is 267 Å². The van der Waals surface area contributed by atoms with Gasteiger partial charge in [-0.1, -0.05) is 13.5 Å². The van der Waals surface area contributed by atoms with Gasteiger partial charge < -0.3 is 25.2 Å². The number of hydrogen-bond acceptors (Lipinski definition) is 10. The van der Waals surface area contributed by atoms with Crippen LogP contribution in [-0.4, -0.2) is 132 Å². The molecule has 4 N–H and O–H groups in total. The minimum absolute atomic E-state index is 0.0937. The molecule has 0 saturated heterocycles. The molecule has 0 unspecified atom stereocenters. The van der Waals surface area contributed by atoms with E-state index in [1.54, 1.807) is 20.8 Å². The first-order valence-corrected chi connectivity index (χ1v) is 15.2. The molecule has 0 aliphatic heterocycles. The summed E-state index contributed by atoms with van der Waals surface area (Å²) < 4.78 is 5.79. The number of urea groups is 4. The molecule has 12 amide bonds. The molecule has 45 heavy (non-hydrogen) atoms. The first-order chi connectivity index (χ1) is 20.8. The van der Waals surface area contributed by atoms with E-state index in [2.05, 4.69) is 17.2 Å². The van der Waals surface area contributed by atoms with Crippen molar-refractivity contribution in [2.45, 2.75) is 64.6 Å². The molecule has 0 aromatic rings. The number of carbonyl (C=O) groups is 8. The molecule has 0 fully saturated rings. The van der Waals surface area contributed by atoms with Crippen LogP contribution in [0.2, 0.25) is 0 Å². The number of carbonyl (C=O) groups excluding carboxylic acids is 8. The topological polar surface area (TPSA) is 207 Å². The Balaban J connectivity index is 5.75. The lowest BCUT2D eigenvalue weighted by Crippen LogP contribution is -2.57. The van der Waals surface area contributed by atoms with Crippen molar-refractivity contribution in [1.29, 1.82) is 0 Å². The molecule has 0 saturated carbocycles. The van der Waals surface area contributed by atoms with Gasteiger partial charge in [-0.3, -0.25) is 34.7 Å². The lowest BCUT2D eigenvalue weighted by atomic mass is 9.97. The van der Waals surface area contributed by atoms with Gasteiger partial charge in [0.25, 0.3) is 17.7 Å². The quantitative estimate of drug-likeness (QED) is 0.162. The van der Waals surface area contributed by atoms with Gasteiger partial charge in [0.1, 0.15) is 17.8 Å². The van der Waals surface area contributed by atoms with Crippen LogP contribution < -0.4 is 21.3 Å². The van der Waals surface area contributed by atoms with E-state index in [1.807, 2.05) is 16.9 Å². The number of hydrogen-bond donors (Lipinski definition) is 4. The molecular formula is C27H46N8O9S. The number of likely N-dealkylation sites (N-methyl/N-ethyl adjacent to an activating group) is 3. The van der Waals surface area contributed by atoms with E-state index in [4.69, 9.17) is 4.74 Å². The first-order valence-electron chi connectivity index (χ1n) is 13.8. The van der Waals surface area contributed by atoms with Crippen LogP contribution in [-0.2, 0) is 23.9 Å². The van der Waals surface area contributed by atoms with E-state index in [0.717, 1.165) is 21.7 Å². The van der Waals surface area contributed by atoms with Gasteiger partial charge in [0, 0.05) is 48.1 Å². The second kappa shape index (κ2) is 18.6. The molecular weight excluding hydrogens is 612 g/mol. The van der Waals surface area contributed by atoms with Crippen molar-refractivity contribution in [2.75, 3.05) is 47.4 Å². The number of nitrogens with one attached hydrogen (secondary N) is 4. The Bertz CT molecular complexity index is 1160.